The number of carbonyl (C=O) groups is 2. The Morgan fingerprint density at radius 1 is 1.31 bits per heavy atom. The molecule has 1 amide bonds. The molecule has 0 heterocycles. The van der Waals surface area contributed by atoms with E-state index in [0.29, 0.717) is 0 Å². The molecule has 0 saturated heterocycles. The van der Waals surface area contributed by atoms with Crippen molar-refractivity contribution < 1.29 is 37.2 Å². The number of halogens is 3. The van der Waals surface area contributed by atoms with E-state index in [2.05, 4.69) is 6.58 Å². The summed E-state index contributed by atoms with van der Waals surface area (Å²) in [6, 6.07) is -1.92. The van der Waals surface area contributed by atoms with E-state index in [1.54, 1.807) is 0 Å². The molecular weight excluding hydrogens is 361 g/mol. The van der Waals surface area contributed by atoms with Crippen molar-refractivity contribution in [3.05, 3.63) is 22.8 Å². The minimum absolute atomic E-state index is 0.0519. The Kier molecular flexibility index (Phi) is 8.71. The molecule has 150 valence electrons. The predicted molar refractivity (Wildman–Crippen MR) is 84.8 cm³/mol. The highest BCUT2D eigenvalue weighted by Crippen LogP contribution is 2.21. The van der Waals surface area contributed by atoms with Gasteiger partial charge in [0.2, 0.25) is 6.54 Å². The summed E-state index contributed by atoms with van der Waals surface area (Å²) in [5.74, 6) is -5.03. The third-order valence-corrected chi connectivity index (χ3v) is 3.07. The standard InChI is InChI=1S/C15H23F3N2O6/c1-6-7-25-9(2)10(8-20(23)24)11(12(21)26-14(3,4)5)19-13(22)15(16,17)18/h6,9-11H,1,7-8H2,2-5H3,(H,19,22). The van der Waals surface area contributed by atoms with Gasteiger partial charge in [-0.15, -0.1) is 6.58 Å². The molecule has 0 radical (unpaired) electrons. The monoisotopic (exact) mass is 384 g/mol. The maximum Gasteiger partial charge on any atom is 0.471 e. The average Bonchev–Trinajstić information content (AvgIpc) is 2.44. The van der Waals surface area contributed by atoms with Crippen molar-refractivity contribution in [1.82, 2.24) is 5.32 Å². The fourth-order valence-electron chi connectivity index (χ4n) is 1.97. The van der Waals surface area contributed by atoms with E-state index < -0.39 is 53.2 Å². The van der Waals surface area contributed by atoms with Crippen molar-refractivity contribution >= 4 is 11.9 Å². The van der Waals surface area contributed by atoms with E-state index in [-0.39, 0.29) is 6.61 Å². The van der Waals surface area contributed by atoms with Gasteiger partial charge in [0.25, 0.3) is 0 Å². The summed E-state index contributed by atoms with van der Waals surface area (Å²) in [5.41, 5.74) is -1.08. The summed E-state index contributed by atoms with van der Waals surface area (Å²) < 4.78 is 48.0. The lowest BCUT2D eigenvalue weighted by Gasteiger charge is -2.31. The molecule has 8 nitrogen and oxygen atoms in total. The number of esters is 1. The van der Waals surface area contributed by atoms with Crippen LogP contribution < -0.4 is 5.32 Å². The van der Waals surface area contributed by atoms with Crippen molar-refractivity contribution in [3.63, 3.8) is 0 Å². The summed E-state index contributed by atoms with van der Waals surface area (Å²) in [6.45, 7) is 8.16. The molecule has 3 atom stereocenters. The summed E-state index contributed by atoms with van der Waals surface area (Å²) in [5, 5.41) is 12.4. The van der Waals surface area contributed by atoms with Gasteiger partial charge in [-0.1, -0.05) is 6.08 Å². The van der Waals surface area contributed by atoms with Crippen molar-refractivity contribution in [1.29, 1.82) is 0 Å². The van der Waals surface area contributed by atoms with E-state index in [1.807, 2.05) is 0 Å². The van der Waals surface area contributed by atoms with Crippen molar-refractivity contribution in [2.45, 2.75) is 51.6 Å². The fraction of sp³-hybridized carbons (Fsp3) is 0.733. The van der Waals surface area contributed by atoms with E-state index in [0.717, 1.165) is 0 Å². The summed E-state index contributed by atoms with van der Waals surface area (Å²) in [7, 11) is 0. The van der Waals surface area contributed by atoms with Crippen LogP contribution in [0, 0.1) is 16.0 Å². The minimum Gasteiger partial charge on any atom is -0.458 e. The van der Waals surface area contributed by atoms with Gasteiger partial charge >= 0.3 is 18.1 Å². The molecule has 1 N–H and O–H groups in total. The molecule has 0 fully saturated rings. The Hall–Kier alpha value is -2.17. The molecule has 0 aliphatic rings. The molecule has 0 aliphatic carbocycles. The zero-order valence-corrected chi connectivity index (χ0v) is 15.0. The lowest BCUT2D eigenvalue weighted by atomic mass is 9.93. The number of nitrogens with one attached hydrogen (secondary N) is 1. The molecule has 0 aromatic heterocycles. The summed E-state index contributed by atoms with van der Waals surface area (Å²) in [6.07, 6.45) is -4.98. The third-order valence-electron chi connectivity index (χ3n) is 3.07. The fourth-order valence-corrected chi connectivity index (χ4v) is 1.97. The number of nitro groups is 1. The van der Waals surface area contributed by atoms with Gasteiger partial charge in [-0.05, 0) is 27.7 Å². The van der Waals surface area contributed by atoms with Gasteiger partial charge < -0.3 is 14.8 Å². The smallest absolute Gasteiger partial charge is 0.458 e. The molecule has 0 aromatic carbocycles. The van der Waals surface area contributed by atoms with Crippen LogP contribution in [0.15, 0.2) is 12.7 Å². The van der Waals surface area contributed by atoms with Crippen LogP contribution in [-0.2, 0) is 19.1 Å². The largest absolute Gasteiger partial charge is 0.471 e. The minimum atomic E-state index is -5.27. The maximum atomic E-state index is 12.6. The van der Waals surface area contributed by atoms with Gasteiger partial charge in [0.1, 0.15) is 11.6 Å². The van der Waals surface area contributed by atoms with Crippen molar-refractivity contribution in [2.75, 3.05) is 13.2 Å². The van der Waals surface area contributed by atoms with Gasteiger partial charge in [0.15, 0.2) is 0 Å². The predicted octanol–water partition coefficient (Wildman–Crippen LogP) is 1.86. The highest BCUT2D eigenvalue weighted by atomic mass is 19.4. The van der Waals surface area contributed by atoms with Crippen LogP contribution in [0.2, 0.25) is 0 Å². The Bertz CT molecular complexity index is 530. The van der Waals surface area contributed by atoms with Crippen LogP contribution in [0.3, 0.4) is 0 Å². The van der Waals surface area contributed by atoms with Crippen molar-refractivity contribution in [2.24, 2.45) is 5.92 Å². The Labute approximate surface area is 148 Å². The number of nitrogens with zero attached hydrogens (tertiary/aromatic N) is 1. The first kappa shape index (κ1) is 23.8. The van der Waals surface area contributed by atoms with Gasteiger partial charge in [-0.25, -0.2) is 4.79 Å². The van der Waals surface area contributed by atoms with Crippen LogP contribution >= 0.6 is 0 Å². The molecule has 0 aromatic rings. The number of hydrogen-bond donors (Lipinski definition) is 1. The van der Waals surface area contributed by atoms with Gasteiger partial charge in [0, 0.05) is 4.92 Å². The van der Waals surface area contributed by atoms with Crippen LogP contribution in [0.5, 0.6) is 0 Å². The van der Waals surface area contributed by atoms with Gasteiger partial charge in [-0.2, -0.15) is 13.2 Å². The van der Waals surface area contributed by atoms with E-state index in [9.17, 15) is 32.9 Å². The highest BCUT2D eigenvalue weighted by Gasteiger charge is 2.46. The average molecular weight is 384 g/mol. The zero-order chi connectivity index (χ0) is 20.7. The molecular formula is C15H23F3N2O6. The third kappa shape index (κ3) is 8.79. The number of alkyl halides is 3. The molecule has 0 aliphatic heterocycles. The number of ether oxygens (including phenoxy) is 2. The zero-order valence-electron chi connectivity index (χ0n) is 15.0. The lowest BCUT2D eigenvalue weighted by Crippen LogP contribution is -2.56. The van der Waals surface area contributed by atoms with E-state index >= 15 is 0 Å². The Balaban J connectivity index is 5.75. The summed E-state index contributed by atoms with van der Waals surface area (Å²) >= 11 is 0. The first-order chi connectivity index (χ1) is 11.7. The lowest BCUT2D eigenvalue weighted by molar-refractivity contribution is -0.491. The number of amides is 1. The summed E-state index contributed by atoms with van der Waals surface area (Å²) in [4.78, 5) is 33.7. The SMILES string of the molecule is C=CCOC(C)C(C[N+](=O)[O-])C(NC(=O)C(F)(F)F)C(=O)OC(C)(C)C. The number of hydrogen-bond acceptors (Lipinski definition) is 6. The second-order valence-corrected chi connectivity index (χ2v) is 6.49. The Morgan fingerprint density at radius 2 is 1.85 bits per heavy atom. The van der Waals surface area contributed by atoms with Crippen LogP contribution in [-0.4, -0.2) is 53.9 Å². The molecule has 0 rings (SSSR count). The van der Waals surface area contributed by atoms with E-state index in [4.69, 9.17) is 9.47 Å². The van der Waals surface area contributed by atoms with Crippen LogP contribution in [0.1, 0.15) is 27.7 Å². The molecule has 0 spiro atoms. The second kappa shape index (κ2) is 9.51. The quantitative estimate of drug-likeness (QED) is 0.281. The van der Waals surface area contributed by atoms with Crippen molar-refractivity contribution in [3.8, 4) is 0 Å². The molecule has 11 heteroatoms. The normalized spacial score (nSPS) is 15.5. The molecule has 0 saturated carbocycles. The van der Waals surface area contributed by atoms with Gasteiger partial charge in [-0.3, -0.25) is 14.9 Å². The molecule has 0 bridgehead atoms. The maximum absolute atomic E-state index is 12.6. The molecule has 3 unspecified atom stereocenters. The first-order valence-electron chi connectivity index (χ1n) is 7.64. The van der Waals surface area contributed by atoms with Crippen LogP contribution in [0.25, 0.3) is 0 Å². The van der Waals surface area contributed by atoms with E-state index in [1.165, 1.54) is 39.1 Å². The molecule has 26 heavy (non-hydrogen) atoms. The Morgan fingerprint density at radius 3 is 2.23 bits per heavy atom. The topological polar surface area (TPSA) is 108 Å². The van der Waals surface area contributed by atoms with Gasteiger partial charge in [0.05, 0.1) is 18.6 Å². The number of rotatable bonds is 9. The van der Waals surface area contributed by atoms with Crippen LogP contribution in [0.4, 0.5) is 13.2 Å². The first-order valence-corrected chi connectivity index (χ1v) is 7.64. The highest BCUT2D eigenvalue weighted by molar-refractivity contribution is 5.87. The second-order valence-electron chi connectivity index (χ2n) is 6.49. The number of carbonyl (C=O) groups excluding carboxylic acids is 2.